The highest BCUT2D eigenvalue weighted by atomic mass is 35.5. The molecule has 1 rings (SSSR count). The second-order valence-corrected chi connectivity index (χ2v) is 5.79. The monoisotopic (exact) mass is 321 g/mol. The Morgan fingerprint density at radius 2 is 2.15 bits per heavy atom. The fourth-order valence-electron chi connectivity index (χ4n) is 1.82. The Labute approximate surface area is 129 Å². The first-order chi connectivity index (χ1) is 9.33. The van der Waals surface area contributed by atoms with Crippen LogP contribution in [0.25, 0.3) is 0 Å². The van der Waals surface area contributed by atoms with E-state index in [1.165, 1.54) is 0 Å². The number of nitrogens with zero attached hydrogens (tertiary/aromatic N) is 1. The third-order valence-corrected chi connectivity index (χ3v) is 4.35. The number of aliphatic hydroxyl groups is 1. The minimum atomic E-state index is -0.414. The number of rotatable bonds is 6. The summed E-state index contributed by atoms with van der Waals surface area (Å²) < 4.78 is 1.72. The van der Waals surface area contributed by atoms with Crippen molar-refractivity contribution >= 4 is 29.2 Å². The standard InChI is InChI=1S/C13H21Cl2N3O2/c1-4-13(2,5-6-19)17-12(20)16-8-9-7-10(14)11(15)18(9)3/h7,19H,4-6,8H2,1-3H3,(H2,16,17,20). The van der Waals surface area contributed by atoms with Crippen molar-refractivity contribution in [2.24, 2.45) is 7.05 Å². The van der Waals surface area contributed by atoms with E-state index in [9.17, 15) is 4.79 Å². The van der Waals surface area contributed by atoms with Crippen LogP contribution in [0, 0.1) is 0 Å². The molecule has 3 N–H and O–H groups in total. The maximum absolute atomic E-state index is 11.9. The van der Waals surface area contributed by atoms with Crippen LogP contribution < -0.4 is 10.6 Å². The van der Waals surface area contributed by atoms with Gasteiger partial charge in [-0.1, -0.05) is 30.1 Å². The van der Waals surface area contributed by atoms with Gasteiger partial charge in [0.2, 0.25) is 0 Å². The Morgan fingerprint density at radius 3 is 2.60 bits per heavy atom. The van der Waals surface area contributed by atoms with Crippen LogP contribution in [0.2, 0.25) is 10.2 Å². The first-order valence-corrected chi connectivity index (χ1v) is 7.25. The van der Waals surface area contributed by atoms with Gasteiger partial charge in [-0.15, -0.1) is 0 Å². The Balaban J connectivity index is 2.57. The van der Waals surface area contributed by atoms with Gasteiger partial charge in [0.05, 0.1) is 11.6 Å². The van der Waals surface area contributed by atoms with Crippen molar-refractivity contribution in [2.75, 3.05) is 6.61 Å². The molecule has 0 saturated heterocycles. The SMILES string of the molecule is CCC(C)(CCO)NC(=O)NCc1cc(Cl)c(Cl)n1C. The summed E-state index contributed by atoms with van der Waals surface area (Å²) >= 11 is 11.9. The highest BCUT2D eigenvalue weighted by Gasteiger charge is 2.23. The lowest BCUT2D eigenvalue weighted by Gasteiger charge is -2.29. The molecule has 0 bridgehead atoms. The molecule has 1 heterocycles. The molecule has 0 saturated carbocycles. The maximum Gasteiger partial charge on any atom is 0.315 e. The highest BCUT2D eigenvalue weighted by Crippen LogP contribution is 2.24. The van der Waals surface area contributed by atoms with Crippen molar-refractivity contribution in [1.29, 1.82) is 0 Å². The number of amides is 2. The molecule has 1 aromatic rings. The summed E-state index contributed by atoms with van der Waals surface area (Å²) in [5.74, 6) is 0. The molecule has 1 aromatic heterocycles. The quantitative estimate of drug-likeness (QED) is 0.754. The highest BCUT2D eigenvalue weighted by molar-refractivity contribution is 6.41. The first-order valence-electron chi connectivity index (χ1n) is 6.49. The Kier molecular flexibility index (Phi) is 6.17. The Morgan fingerprint density at radius 1 is 1.50 bits per heavy atom. The van der Waals surface area contributed by atoms with E-state index < -0.39 is 5.54 Å². The molecule has 114 valence electrons. The molecule has 0 spiro atoms. The smallest absolute Gasteiger partial charge is 0.315 e. The van der Waals surface area contributed by atoms with Crippen molar-refractivity contribution in [2.45, 2.75) is 38.8 Å². The van der Waals surface area contributed by atoms with Gasteiger partial charge in [-0.2, -0.15) is 0 Å². The van der Waals surface area contributed by atoms with Crippen LogP contribution in [0.5, 0.6) is 0 Å². The zero-order valence-corrected chi connectivity index (χ0v) is 13.5. The van der Waals surface area contributed by atoms with Gasteiger partial charge < -0.3 is 20.3 Å². The number of hydrogen-bond donors (Lipinski definition) is 3. The van der Waals surface area contributed by atoms with Crippen LogP contribution in [-0.4, -0.2) is 27.9 Å². The third kappa shape index (κ3) is 4.30. The Hall–Kier alpha value is -0.910. The maximum atomic E-state index is 11.9. The topological polar surface area (TPSA) is 66.3 Å². The van der Waals surface area contributed by atoms with E-state index in [2.05, 4.69) is 10.6 Å². The predicted octanol–water partition coefficient (Wildman–Crippen LogP) is 2.68. The normalized spacial score (nSPS) is 13.9. The molecule has 0 radical (unpaired) electrons. The van der Waals surface area contributed by atoms with Gasteiger partial charge >= 0.3 is 6.03 Å². The van der Waals surface area contributed by atoms with Crippen molar-refractivity contribution in [1.82, 2.24) is 15.2 Å². The number of hydrogen-bond acceptors (Lipinski definition) is 2. The zero-order valence-electron chi connectivity index (χ0n) is 12.0. The summed E-state index contributed by atoms with van der Waals surface area (Å²) in [4.78, 5) is 11.9. The molecule has 2 amide bonds. The van der Waals surface area contributed by atoms with Crippen LogP contribution in [0.15, 0.2) is 6.07 Å². The van der Waals surface area contributed by atoms with Gasteiger partial charge in [0.15, 0.2) is 0 Å². The van der Waals surface area contributed by atoms with Crippen LogP contribution in [0.3, 0.4) is 0 Å². The van der Waals surface area contributed by atoms with E-state index in [0.29, 0.717) is 23.1 Å². The van der Waals surface area contributed by atoms with Crippen molar-refractivity contribution in [3.05, 3.63) is 21.9 Å². The molecular weight excluding hydrogens is 301 g/mol. The first kappa shape index (κ1) is 17.1. The van der Waals surface area contributed by atoms with Crippen LogP contribution in [0.4, 0.5) is 4.79 Å². The fraction of sp³-hybridized carbons (Fsp3) is 0.615. The minimum Gasteiger partial charge on any atom is -0.396 e. The zero-order chi connectivity index (χ0) is 15.3. The number of aromatic nitrogens is 1. The van der Waals surface area contributed by atoms with Gasteiger partial charge in [-0.3, -0.25) is 0 Å². The number of aliphatic hydroxyl groups excluding tert-OH is 1. The average Bonchev–Trinajstić information content (AvgIpc) is 2.64. The second-order valence-electron chi connectivity index (χ2n) is 5.03. The molecule has 1 unspecified atom stereocenters. The summed E-state index contributed by atoms with van der Waals surface area (Å²) in [6.45, 7) is 4.23. The lowest BCUT2D eigenvalue weighted by molar-refractivity contribution is 0.200. The summed E-state index contributed by atoms with van der Waals surface area (Å²) in [6, 6.07) is 1.44. The van der Waals surface area contributed by atoms with Crippen LogP contribution >= 0.6 is 23.2 Å². The van der Waals surface area contributed by atoms with Crippen LogP contribution in [-0.2, 0) is 13.6 Å². The molecule has 0 aliphatic rings. The largest absolute Gasteiger partial charge is 0.396 e. The van der Waals surface area contributed by atoms with Gasteiger partial charge in [0, 0.05) is 24.9 Å². The van der Waals surface area contributed by atoms with Gasteiger partial charge in [-0.25, -0.2) is 4.79 Å². The van der Waals surface area contributed by atoms with Crippen molar-refractivity contribution in [3.8, 4) is 0 Å². The van der Waals surface area contributed by atoms with Crippen LogP contribution in [0.1, 0.15) is 32.4 Å². The number of nitrogens with one attached hydrogen (secondary N) is 2. The lowest BCUT2D eigenvalue weighted by atomic mass is 9.95. The van der Waals surface area contributed by atoms with E-state index in [1.807, 2.05) is 13.8 Å². The molecule has 0 aliphatic carbocycles. The molecule has 5 nitrogen and oxygen atoms in total. The molecular formula is C13H21Cl2N3O2. The molecule has 0 aromatic carbocycles. The molecule has 7 heteroatoms. The second kappa shape index (κ2) is 7.20. The van der Waals surface area contributed by atoms with E-state index in [4.69, 9.17) is 28.3 Å². The number of halogens is 2. The summed E-state index contributed by atoms with van der Waals surface area (Å²) in [7, 11) is 1.78. The van der Waals surface area contributed by atoms with Gasteiger partial charge in [-0.05, 0) is 25.8 Å². The van der Waals surface area contributed by atoms with Gasteiger partial charge in [0.25, 0.3) is 0 Å². The number of urea groups is 1. The summed E-state index contributed by atoms with van der Waals surface area (Å²) in [6.07, 6.45) is 1.25. The van der Waals surface area contributed by atoms with Gasteiger partial charge in [0.1, 0.15) is 5.15 Å². The minimum absolute atomic E-state index is 0.0354. The van der Waals surface area contributed by atoms with E-state index in [1.54, 1.807) is 17.7 Å². The number of carbonyl (C=O) groups is 1. The van der Waals surface area contributed by atoms with E-state index in [-0.39, 0.29) is 12.6 Å². The van der Waals surface area contributed by atoms with E-state index in [0.717, 1.165) is 12.1 Å². The molecule has 0 aliphatic heterocycles. The fourth-order valence-corrected chi connectivity index (χ4v) is 2.24. The lowest BCUT2D eigenvalue weighted by Crippen LogP contribution is -2.50. The third-order valence-electron chi connectivity index (χ3n) is 3.50. The average molecular weight is 322 g/mol. The predicted molar refractivity (Wildman–Crippen MR) is 81.2 cm³/mol. The Bertz CT molecular complexity index is 476. The molecule has 20 heavy (non-hydrogen) atoms. The summed E-state index contributed by atoms with van der Waals surface area (Å²) in [5.41, 5.74) is 0.401. The molecule has 0 fully saturated rings. The van der Waals surface area contributed by atoms with E-state index >= 15 is 0 Å². The summed E-state index contributed by atoms with van der Waals surface area (Å²) in [5, 5.41) is 15.6. The van der Waals surface area contributed by atoms with Crippen molar-refractivity contribution in [3.63, 3.8) is 0 Å². The molecule has 1 atom stereocenters. The van der Waals surface area contributed by atoms with Crippen molar-refractivity contribution < 1.29 is 9.90 Å². The number of carbonyl (C=O) groups excluding carboxylic acids is 1.